The van der Waals surface area contributed by atoms with Gasteiger partial charge in [0.15, 0.2) is 6.29 Å². The smallest absolute Gasteiger partial charge is 0.223 e. The normalized spacial score (nSPS) is 9.62. The van der Waals surface area contributed by atoms with Crippen LogP contribution in [0.25, 0.3) is 0 Å². The molecule has 0 heterocycles. The summed E-state index contributed by atoms with van der Waals surface area (Å²) in [5.41, 5.74) is 0.464. The van der Waals surface area contributed by atoms with Crippen LogP contribution in [0.2, 0.25) is 0 Å². The van der Waals surface area contributed by atoms with Gasteiger partial charge in [-0.1, -0.05) is 15.9 Å². The molecule has 4 nitrogen and oxygen atoms in total. The molecule has 0 radical (unpaired) electrons. The highest BCUT2D eigenvalue weighted by atomic mass is 79.9. The monoisotopic (exact) mass is 285 g/mol. The van der Waals surface area contributed by atoms with Gasteiger partial charge in [0.1, 0.15) is 5.75 Å². The predicted molar refractivity (Wildman–Crippen MR) is 63.7 cm³/mol. The summed E-state index contributed by atoms with van der Waals surface area (Å²) in [7, 11) is 1.57. The van der Waals surface area contributed by atoms with Crippen LogP contribution in [0.15, 0.2) is 22.7 Å². The summed E-state index contributed by atoms with van der Waals surface area (Å²) in [4.78, 5) is 21.7. The molecular weight excluding hydrogens is 274 g/mol. The first-order valence-electron chi connectivity index (χ1n) is 4.75. The molecule has 16 heavy (non-hydrogen) atoms. The van der Waals surface area contributed by atoms with Gasteiger partial charge in [-0.15, -0.1) is 0 Å². The van der Waals surface area contributed by atoms with Crippen molar-refractivity contribution in [3.05, 3.63) is 28.2 Å². The van der Waals surface area contributed by atoms with Gasteiger partial charge in [0.2, 0.25) is 5.91 Å². The van der Waals surface area contributed by atoms with Crippen molar-refractivity contribution < 1.29 is 14.3 Å². The van der Waals surface area contributed by atoms with Crippen LogP contribution >= 0.6 is 15.9 Å². The summed E-state index contributed by atoms with van der Waals surface area (Å²) in [6.07, 6.45) is 0.991. The third kappa shape index (κ3) is 3.66. The molecule has 1 N–H and O–H groups in total. The van der Waals surface area contributed by atoms with Crippen LogP contribution in [0.1, 0.15) is 16.8 Å². The van der Waals surface area contributed by atoms with Gasteiger partial charge in [-0.2, -0.15) is 0 Å². The van der Waals surface area contributed by atoms with Gasteiger partial charge in [-0.3, -0.25) is 9.59 Å². The summed E-state index contributed by atoms with van der Waals surface area (Å²) >= 11 is 3.26. The lowest BCUT2D eigenvalue weighted by Gasteiger charge is -2.07. The van der Waals surface area contributed by atoms with Gasteiger partial charge in [0.05, 0.1) is 18.6 Å². The van der Waals surface area contributed by atoms with Crippen molar-refractivity contribution in [3.63, 3.8) is 0 Å². The van der Waals surface area contributed by atoms with E-state index in [1.165, 1.54) is 0 Å². The molecular formula is C11H12BrNO3. The Morgan fingerprint density at radius 3 is 2.94 bits per heavy atom. The first-order valence-corrected chi connectivity index (χ1v) is 5.54. The molecule has 1 aromatic carbocycles. The van der Waals surface area contributed by atoms with Crippen LogP contribution < -0.4 is 10.1 Å². The van der Waals surface area contributed by atoms with Crippen molar-refractivity contribution in [2.24, 2.45) is 0 Å². The Balaban J connectivity index is 2.60. The number of hydrogen-bond donors (Lipinski definition) is 1. The van der Waals surface area contributed by atoms with E-state index in [2.05, 4.69) is 21.2 Å². The van der Waals surface area contributed by atoms with Gasteiger partial charge in [0.25, 0.3) is 0 Å². The fourth-order valence-corrected chi connectivity index (χ4v) is 1.50. The molecule has 0 saturated heterocycles. The third-order valence-corrected chi connectivity index (χ3v) is 2.46. The SMILES string of the molecule is CNC(=O)CCOc1ccc(Br)cc1C=O. The highest BCUT2D eigenvalue weighted by Crippen LogP contribution is 2.21. The molecule has 1 rings (SSSR count). The second kappa shape index (κ2) is 6.27. The summed E-state index contributed by atoms with van der Waals surface area (Å²) in [6, 6.07) is 5.14. The lowest BCUT2D eigenvalue weighted by atomic mass is 10.2. The van der Waals surface area contributed by atoms with Crippen molar-refractivity contribution in [1.29, 1.82) is 0 Å². The van der Waals surface area contributed by atoms with Crippen molar-refractivity contribution >= 4 is 28.1 Å². The molecule has 5 heteroatoms. The minimum atomic E-state index is -0.0928. The number of carbonyl (C=O) groups is 2. The second-order valence-corrected chi connectivity index (χ2v) is 3.99. The number of ether oxygens (including phenoxy) is 1. The van der Waals surface area contributed by atoms with Gasteiger partial charge < -0.3 is 10.1 Å². The quantitative estimate of drug-likeness (QED) is 0.839. The number of rotatable bonds is 5. The lowest BCUT2D eigenvalue weighted by Crippen LogP contribution is -2.20. The van der Waals surface area contributed by atoms with E-state index in [9.17, 15) is 9.59 Å². The zero-order valence-electron chi connectivity index (χ0n) is 8.83. The molecule has 0 atom stereocenters. The van der Waals surface area contributed by atoms with E-state index >= 15 is 0 Å². The summed E-state index contributed by atoms with van der Waals surface area (Å²) in [6.45, 7) is 0.252. The summed E-state index contributed by atoms with van der Waals surface area (Å²) in [5, 5.41) is 2.49. The van der Waals surface area contributed by atoms with E-state index < -0.39 is 0 Å². The first kappa shape index (κ1) is 12.7. The van der Waals surface area contributed by atoms with Crippen LogP contribution in [0.3, 0.4) is 0 Å². The maximum Gasteiger partial charge on any atom is 0.223 e. The van der Waals surface area contributed by atoms with Crippen LogP contribution in [-0.4, -0.2) is 25.8 Å². The topological polar surface area (TPSA) is 55.4 Å². The van der Waals surface area contributed by atoms with Crippen LogP contribution in [0.5, 0.6) is 5.75 Å². The van der Waals surface area contributed by atoms with Crippen LogP contribution in [-0.2, 0) is 4.79 Å². The second-order valence-electron chi connectivity index (χ2n) is 3.07. The Labute approximate surface area is 102 Å². The van der Waals surface area contributed by atoms with E-state index in [0.717, 1.165) is 10.8 Å². The Morgan fingerprint density at radius 2 is 2.31 bits per heavy atom. The maximum atomic E-state index is 10.9. The van der Waals surface area contributed by atoms with Gasteiger partial charge in [-0.05, 0) is 18.2 Å². The molecule has 0 spiro atoms. The number of nitrogens with one attached hydrogen (secondary N) is 1. The molecule has 0 bridgehead atoms. The lowest BCUT2D eigenvalue weighted by molar-refractivity contribution is -0.121. The number of benzene rings is 1. The Bertz CT molecular complexity index is 393. The minimum Gasteiger partial charge on any atom is -0.492 e. The third-order valence-electron chi connectivity index (χ3n) is 1.96. The van der Waals surface area contributed by atoms with Gasteiger partial charge in [-0.25, -0.2) is 0 Å². The standard InChI is InChI=1S/C11H12BrNO3/c1-13-11(15)4-5-16-10-3-2-9(12)6-8(10)7-14/h2-3,6-7H,4-5H2,1H3,(H,13,15). The highest BCUT2D eigenvalue weighted by Gasteiger charge is 2.04. The zero-order valence-corrected chi connectivity index (χ0v) is 10.4. The molecule has 1 aromatic rings. The van der Waals surface area contributed by atoms with Crippen molar-refractivity contribution in [3.8, 4) is 5.75 Å². The molecule has 0 aliphatic rings. The van der Waals surface area contributed by atoms with E-state index in [1.54, 1.807) is 25.2 Å². The minimum absolute atomic E-state index is 0.0928. The fourth-order valence-electron chi connectivity index (χ4n) is 1.12. The zero-order chi connectivity index (χ0) is 12.0. The number of amides is 1. The van der Waals surface area contributed by atoms with Crippen LogP contribution in [0, 0.1) is 0 Å². The number of halogens is 1. The Hall–Kier alpha value is -1.36. The van der Waals surface area contributed by atoms with E-state index in [1.807, 2.05) is 0 Å². The van der Waals surface area contributed by atoms with Gasteiger partial charge >= 0.3 is 0 Å². The highest BCUT2D eigenvalue weighted by molar-refractivity contribution is 9.10. The maximum absolute atomic E-state index is 10.9. The molecule has 86 valence electrons. The molecule has 0 aliphatic carbocycles. The Morgan fingerprint density at radius 1 is 1.56 bits per heavy atom. The fraction of sp³-hybridized carbons (Fsp3) is 0.273. The first-order chi connectivity index (χ1) is 7.67. The largest absolute Gasteiger partial charge is 0.492 e. The molecule has 1 amide bonds. The van der Waals surface area contributed by atoms with Crippen molar-refractivity contribution in [1.82, 2.24) is 5.32 Å². The average molecular weight is 286 g/mol. The van der Waals surface area contributed by atoms with Crippen LogP contribution in [0.4, 0.5) is 0 Å². The summed E-state index contributed by atoms with van der Waals surface area (Å²) < 4.78 is 6.16. The number of carbonyl (C=O) groups excluding carboxylic acids is 2. The van der Waals surface area contributed by atoms with E-state index in [4.69, 9.17) is 4.74 Å². The number of hydrogen-bond acceptors (Lipinski definition) is 3. The molecule has 0 aromatic heterocycles. The van der Waals surface area contributed by atoms with E-state index in [-0.39, 0.29) is 18.9 Å². The van der Waals surface area contributed by atoms with E-state index in [0.29, 0.717) is 11.3 Å². The van der Waals surface area contributed by atoms with Gasteiger partial charge in [0, 0.05) is 11.5 Å². The van der Waals surface area contributed by atoms with Crippen molar-refractivity contribution in [2.75, 3.05) is 13.7 Å². The number of aldehydes is 1. The summed E-state index contributed by atoms with van der Waals surface area (Å²) in [5.74, 6) is 0.395. The average Bonchev–Trinajstić information content (AvgIpc) is 2.30. The molecule has 0 unspecified atom stereocenters. The molecule has 0 saturated carbocycles. The Kier molecular flexibility index (Phi) is 4.98. The molecule has 0 aliphatic heterocycles. The van der Waals surface area contributed by atoms with Crippen molar-refractivity contribution in [2.45, 2.75) is 6.42 Å². The molecule has 0 fully saturated rings. The predicted octanol–water partition coefficient (Wildman–Crippen LogP) is 1.78.